The first-order chi connectivity index (χ1) is 8.26. The number of rotatable bonds is 3. The molecule has 1 fully saturated rings. The third kappa shape index (κ3) is 3.80. The lowest BCUT2D eigenvalue weighted by Crippen LogP contribution is -2.45. The average molecular weight is 275 g/mol. The van der Waals surface area contributed by atoms with Crippen molar-refractivity contribution < 1.29 is 19.4 Å². The second-order valence-electron chi connectivity index (χ2n) is 5.46. The summed E-state index contributed by atoms with van der Waals surface area (Å²) < 4.78 is 5.25. The fourth-order valence-electron chi connectivity index (χ4n) is 2.11. The Balaban J connectivity index is 2.76. The molecule has 0 unspecified atom stereocenters. The van der Waals surface area contributed by atoms with Gasteiger partial charge in [0.2, 0.25) is 0 Å². The third-order valence-corrected chi connectivity index (χ3v) is 3.55. The molecule has 0 aliphatic carbocycles. The highest BCUT2D eigenvalue weighted by Crippen LogP contribution is 2.28. The van der Waals surface area contributed by atoms with Crippen LogP contribution in [0, 0.1) is 5.92 Å². The van der Waals surface area contributed by atoms with Crippen LogP contribution >= 0.6 is 11.8 Å². The molecule has 0 aromatic rings. The normalized spacial score (nSPS) is 24.1. The molecule has 5 nitrogen and oxygen atoms in total. The molecule has 1 amide bonds. The molecule has 0 saturated carbocycles. The van der Waals surface area contributed by atoms with E-state index in [1.165, 1.54) is 4.90 Å². The van der Waals surface area contributed by atoms with E-state index >= 15 is 0 Å². The van der Waals surface area contributed by atoms with Crippen molar-refractivity contribution in [2.75, 3.05) is 18.6 Å². The van der Waals surface area contributed by atoms with Crippen LogP contribution in [0.15, 0.2) is 0 Å². The maximum Gasteiger partial charge on any atom is 0.411 e. The van der Waals surface area contributed by atoms with Gasteiger partial charge in [0.15, 0.2) is 0 Å². The lowest BCUT2D eigenvalue weighted by atomic mass is 10.0. The van der Waals surface area contributed by atoms with Crippen LogP contribution in [0.5, 0.6) is 0 Å². The van der Waals surface area contributed by atoms with Crippen LogP contribution in [0.1, 0.15) is 27.2 Å². The fraction of sp³-hybridized carbons (Fsp3) is 0.833. The molecule has 1 rings (SSSR count). The van der Waals surface area contributed by atoms with E-state index < -0.39 is 23.7 Å². The fourth-order valence-corrected chi connectivity index (χ4v) is 2.88. The molecule has 1 N–H and O–H groups in total. The number of aliphatic carboxylic acids is 1. The van der Waals surface area contributed by atoms with E-state index in [9.17, 15) is 14.7 Å². The average Bonchev–Trinajstić information content (AvgIpc) is 2.59. The van der Waals surface area contributed by atoms with Crippen molar-refractivity contribution in [2.45, 2.75) is 38.8 Å². The van der Waals surface area contributed by atoms with Crippen molar-refractivity contribution in [3.8, 4) is 0 Å². The van der Waals surface area contributed by atoms with E-state index in [1.54, 1.807) is 32.5 Å². The third-order valence-electron chi connectivity index (χ3n) is 2.78. The van der Waals surface area contributed by atoms with Crippen LogP contribution in [0.25, 0.3) is 0 Å². The minimum absolute atomic E-state index is 0.00465. The Morgan fingerprint density at radius 3 is 2.50 bits per heavy atom. The summed E-state index contributed by atoms with van der Waals surface area (Å²) in [7, 11) is 0. The van der Waals surface area contributed by atoms with E-state index in [-0.39, 0.29) is 5.92 Å². The number of thioether (sulfide) groups is 1. The van der Waals surface area contributed by atoms with Gasteiger partial charge < -0.3 is 9.84 Å². The minimum Gasteiger partial charge on any atom is -0.480 e. The number of likely N-dealkylation sites (tertiary alicyclic amines) is 1. The molecule has 0 bridgehead atoms. The SMILES string of the molecule is CSC[C@@H]1CCN(C(=O)OC(C)(C)C)[C@@H]1C(=O)O. The Labute approximate surface area is 112 Å². The predicted molar refractivity (Wildman–Crippen MR) is 70.9 cm³/mol. The van der Waals surface area contributed by atoms with Gasteiger partial charge in [-0.05, 0) is 39.2 Å². The van der Waals surface area contributed by atoms with Crippen molar-refractivity contribution in [1.82, 2.24) is 4.90 Å². The lowest BCUT2D eigenvalue weighted by molar-refractivity contribution is -0.143. The van der Waals surface area contributed by atoms with E-state index in [0.29, 0.717) is 6.54 Å². The molecule has 1 aliphatic heterocycles. The number of carboxylic acid groups (broad SMARTS) is 1. The number of nitrogens with zero attached hydrogens (tertiary/aromatic N) is 1. The van der Waals surface area contributed by atoms with Gasteiger partial charge in [-0.1, -0.05) is 0 Å². The van der Waals surface area contributed by atoms with Gasteiger partial charge in [0.05, 0.1) is 0 Å². The monoisotopic (exact) mass is 275 g/mol. The first-order valence-electron chi connectivity index (χ1n) is 5.97. The van der Waals surface area contributed by atoms with Gasteiger partial charge in [-0.3, -0.25) is 4.90 Å². The van der Waals surface area contributed by atoms with Crippen LogP contribution in [-0.4, -0.2) is 52.3 Å². The van der Waals surface area contributed by atoms with E-state index in [0.717, 1.165) is 12.2 Å². The number of amides is 1. The van der Waals surface area contributed by atoms with Gasteiger partial charge in [-0.25, -0.2) is 9.59 Å². The van der Waals surface area contributed by atoms with Crippen molar-refractivity contribution in [2.24, 2.45) is 5.92 Å². The van der Waals surface area contributed by atoms with Crippen molar-refractivity contribution in [3.63, 3.8) is 0 Å². The van der Waals surface area contributed by atoms with Crippen molar-refractivity contribution >= 4 is 23.8 Å². The second kappa shape index (κ2) is 5.82. The van der Waals surface area contributed by atoms with Gasteiger partial charge >= 0.3 is 12.1 Å². The first kappa shape index (κ1) is 15.1. The summed E-state index contributed by atoms with van der Waals surface area (Å²) in [6.45, 7) is 5.78. The summed E-state index contributed by atoms with van der Waals surface area (Å²) in [4.78, 5) is 24.6. The first-order valence-corrected chi connectivity index (χ1v) is 7.37. The molecule has 18 heavy (non-hydrogen) atoms. The topological polar surface area (TPSA) is 66.8 Å². The van der Waals surface area contributed by atoms with Crippen molar-refractivity contribution in [3.05, 3.63) is 0 Å². The van der Waals surface area contributed by atoms with E-state index in [1.807, 2.05) is 6.26 Å². The Bertz CT molecular complexity index is 327. The molecular formula is C12H21NO4S. The second-order valence-corrected chi connectivity index (χ2v) is 6.37. The zero-order chi connectivity index (χ0) is 13.9. The highest BCUT2D eigenvalue weighted by atomic mass is 32.2. The molecule has 0 aromatic heterocycles. The van der Waals surface area contributed by atoms with Crippen LogP contribution in [0.3, 0.4) is 0 Å². The Hall–Kier alpha value is -0.910. The lowest BCUT2D eigenvalue weighted by Gasteiger charge is -2.28. The molecule has 6 heteroatoms. The zero-order valence-electron chi connectivity index (χ0n) is 11.3. The van der Waals surface area contributed by atoms with Crippen LogP contribution < -0.4 is 0 Å². The van der Waals surface area contributed by atoms with Gasteiger partial charge in [-0.15, -0.1) is 0 Å². The number of hydrogen-bond acceptors (Lipinski definition) is 4. The maximum atomic E-state index is 12.0. The van der Waals surface area contributed by atoms with Crippen LogP contribution in [0.2, 0.25) is 0 Å². The molecule has 1 aliphatic rings. The number of hydrogen-bond donors (Lipinski definition) is 1. The maximum absolute atomic E-state index is 12.0. The molecule has 1 saturated heterocycles. The Kier molecular flexibility index (Phi) is 4.90. The summed E-state index contributed by atoms with van der Waals surface area (Å²) in [5.74, 6) is -0.196. The number of carbonyl (C=O) groups is 2. The molecule has 1 heterocycles. The number of carbonyl (C=O) groups excluding carboxylic acids is 1. The minimum atomic E-state index is -0.947. The van der Waals surface area contributed by atoms with Gasteiger partial charge in [0, 0.05) is 12.5 Å². The summed E-state index contributed by atoms with van der Waals surface area (Å²) >= 11 is 1.60. The highest BCUT2D eigenvalue weighted by Gasteiger charge is 2.43. The highest BCUT2D eigenvalue weighted by molar-refractivity contribution is 7.98. The van der Waals surface area contributed by atoms with Gasteiger partial charge in [0.1, 0.15) is 11.6 Å². The Morgan fingerprint density at radius 1 is 1.44 bits per heavy atom. The molecule has 104 valence electrons. The quantitative estimate of drug-likeness (QED) is 0.854. The Morgan fingerprint density at radius 2 is 2.06 bits per heavy atom. The van der Waals surface area contributed by atoms with E-state index in [2.05, 4.69) is 0 Å². The summed E-state index contributed by atoms with van der Waals surface area (Å²) in [5, 5.41) is 9.27. The van der Waals surface area contributed by atoms with Crippen LogP contribution in [0.4, 0.5) is 4.79 Å². The molecular weight excluding hydrogens is 254 g/mol. The summed E-state index contributed by atoms with van der Waals surface area (Å²) in [5.41, 5.74) is -0.599. The molecule has 0 spiro atoms. The number of ether oxygens (including phenoxy) is 1. The van der Waals surface area contributed by atoms with Gasteiger partial charge in [0.25, 0.3) is 0 Å². The standard InChI is InChI=1S/C12H21NO4S/c1-12(2,3)17-11(16)13-6-5-8(7-18-4)9(13)10(14)15/h8-9H,5-7H2,1-4H3,(H,14,15)/t8-,9-/m0/s1. The van der Waals surface area contributed by atoms with Gasteiger partial charge in [-0.2, -0.15) is 11.8 Å². The zero-order valence-corrected chi connectivity index (χ0v) is 12.1. The van der Waals surface area contributed by atoms with E-state index in [4.69, 9.17) is 4.74 Å². The number of carboxylic acids is 1. The summed E-state index contributed by atoms with van der Waals surface area (Å²) in [6.07, 6.45) is 2.13. The largest absolute Gasteiger partial charge is 0.480 e. The summed E-state index contributed by atoms with van der Waals surface area (Å²) in [6, 6.07) is -0.757. The molecule has 0 radical (unpaired) electrons. The molecule has 2 atom stereocenters. The molecule has 0 aromatic carbocycles. The van der Waals surface area contributed by atoms with Crippen molar-refractivity contribution in [1.29, 1.82) is 0 Å². The smallest absolute Gasteiger partial charge is 0.411 e. The van der Waals surface area contributed by atoms with Crippen LogP contribution in [-0.2, 0) is 9.53 Å². The predicted octanol–water partition coefficient (Wildman–Crippen LogP) is 2.06.